The van der Waals surface area contributed by atoms with E-state index in [0.717, 1.165) is 39.6 Å². The highest BCUT2D eigenvalue weighted by molar-refractivity contribution is 6.07. The molecule has 9 heteroatoms. The number of hydrogen-bond acceptors (Lipinski definition) is 6. The van der Waals surface area contributed by atoms with E-state index in [9.17, 15) is 14.4 Å². The fraction of sp³-hybridized carbons (Fsp3) is 0.241. The van der Waals surface area contributed by atoms with Gasteiger partial charge >= 0.3 is 5.91 Å². The summed E-state index contributed by atoms with van der Waals surface area (Å²) in [6.07, 6.45) is 3.79. The first-order valence-electron chi connectivity index (χ1n) is 12.4. The molecule has 1 aliphatic carbocycles. The number of benzene rings is 2. The van der Waals surface area contributed by atoms with Gasteiger partial charge < -0.3 is 8.83 Å². The number of hydrazine groups is 1. The monoisotopic (exact) mass is 512 g/mol. The average molecular weight is 513 g/mol. The van der Waals surface area contributed by atoms with Crippen LogP contribution < -0.4 is 16.3 Å². The van der Waals surface area contributed by atoms with Crippen LogP contribution in [0.15, 0.2) is 62.7 Å². The molecule has 0 atom stereocenters. The Bertz CT molecular complexity index is 1580. The van der Waals surface area contributed by atoms with Gasteiger partial charge in [0.05, 0.1) is 18.4 Å². The third-order valence-corrected chi connectivity index (χ3v) is 6.62. The number of aryl methyl sites for hydroxylation is 3. The van der Waals surface area contributed by atoms with Gasteiger partial charge in [-0.3, -0.25) is 25.2 Å². The van der Waals surface area contributed by atoms with E-state index in [1.165, 1.54) is 0 Å². The third kappa shape index (κ3) is 4.95. The number of rotatable bonds is 5. The van der Waals surface area contributed by atoms with Crippen LogP contribution in [0.4, 0.5) is 0 Å². The fourth-order valence-electron chi connectivity index (χ4n) is 4.93. The number of carbonyl (C=O) groups excluding carboxylic acids is 3. The van der Waals surface area contributed by atoms with E-state index in [-0.39, 0.29) is 18.1 Å². The Hall–Kier alpha value is -4.66. The second-order valence-corrected chi connectivity index (χ2v) is 9.47. The molecule has 1 aliphatic rings. The van der Waals surface area contributed by atoms with Gasteiger partial charge in [-0.25, -0.2) is 5.43 Å². The molecular formula is C29H28N4O5. The molecule has 5 rings (SSSR count). The van der Waals surface area contributed by atoms with Crippen molar-refractivity contribution in [2.75, 3.05) is 0 Å². The zero-order chi connectivity index (χ0) is 26.8. The predicted molar refractivity (Wildman–Crippen MR) is 142 cm³/mol. The minimum atomic E-state index is -0.568. The van der Waals surface area contributed by atoms with Crippen LogP contribution in [0.3, 0.4) is 0 Å². The number of furan rings is 2. The first kappa shape index (κ1) is 25.0. The molecule has 3 amide bonds. The van der Waals surface area contributed by atoms with Crippen LogP contribution >= 0.6 is 0 Å². The van der Waals surface area contributed by atoms with Gasteiger partial charge in [0.1, 0.15) is 11.3 Å². The van der Waals surface area contributed by atoms with E-state index in [2.05, 4.69) is 27.4 Å². The maximum absolute atomic E-state index is 12.8. The number of nitrogens with zero attached hydrogens (tertiary/aromatic N) is 1. The van der Waals surface area contributed by atoms with Crippen molar-refractivity contribution in [1.29, 1.82) is 0 Å². The van der Waals surface area contributed by atoms with Crippen LogP contribution in [0.1, 0.15) is 67.3 Å². The maximum Gasteiger partial charge on any atom is 0.305 e. The highest BCUT2D eigenvalue weighted by Crippen LogP contribution is 2.30. The van der Waals surface area contributed by atoms with Crippen molar-refractivity contribution < 1.29 is 23.2 Å². The summed E-state index contributed by atoms with van der Waals surface area (Å²) in [5.41, 5.74) is 13.6. The van der Waals surface area contributed by atoms with Crippen molar-refractivity contribution >= 4 is 34.4 Å². The smallest absolute Gasteiger partial charge is 0.305 e. The fourth-order valence-corrected chi connectivity index (χ4v) is 4.93. The summed E-state index contributed by atoms with van der Waals surface area (Å²) in [5.74, 6) is -0.543. The zero-order valence-corrected chi connectivity index (χ0v) is 21.4. The SMILES string of the molecule is Cc1cc(C)c2c(CC(=O)N/N=C3\CCCc4oc(C(=O)NNC(=O)c5ccccc5)c(C)c43)coc2c1. The molecule has 0 aliphatic heterocycles. The maximum atomic E-state index is 12.8. The molecule has 0 spiro atoms. The molecular weight excluding hydrogens is 484 g/mol. The number of hydrazone groups is 1. The van der Waals surface area contributed by atoms with E-state index in [4.69, 9.17) is 8.83 Å². The topological polar surface area (TPSA) is 126 Å². The first-order valence-corrected chi connectivity index (χ1v) is 12.4. The van der Waals surface area contributed by atoms with E-state index in [0.29, 0.717) is 35.4 Å². The number of fused-ring (bicyclic) bond motifs is 2. The van der Waals surface area contributed by atoms with Gasteiger partial charge in [0.25, 0.3) is 5.91 Å². The molecule has 2 aromatic carbocycles. The van der Waals surface area contributed by atoms with Crippen molar-refractivity contribution in [3.63, 3.8) is 0 Å². The summed E-state index contributed by atoms with van der Waals surface area (Å²) >= 11 is 0. The minimum absolute atomic E-state index is 0.0972. The van der Waals surface area contributed by atoms with Crippen LogP contribution in [0.2, 0.25) is 0 Å². The molecule has 2 aromatic heterocycles. The van der Waals surface area contributed by atoms with E-state index >= 15 is 0 Å². The lowest BCUT2D eigenvalue weighted by atomic mass is 9.93. The molecule has 194 valence electrons. The Morgan fingerprint density at radius 1 is 0.974 bits per heavy atom. The first-order chi connectivity index (χ1) is 18.3. The lowest BCUT2D eigenvalue weighted by molar-refractivity contribution is -0.120. The predicted octanol–water partition coefficient (Wildman–Crippen LogP) is 4.43. The van der Waals surface area contributed by atoms with Crippen molar-refractivity contribution in [1.82, 2.24) is 16.3 Å². The highest BCUT2D eigenvalue weighted by atomic mass is 16.4. The Morgan fingerprint density at radius 2 is 1.74 bits per heavy atom. The van der Waals surface area contributed by atoms with Gasteiger partial charge in [0.15, 0.2) is 5.76 Å². The van der Waals surface area contributed by atoms with E-state index < -0.39 is 11.8 Å². The van der Waals surface area contributed by atoms with Crippen molar-refractivity contribution in [3.05, 3.63) is 93.6 Å². The van der Waals surface area contributed by atoms with Crippen molar-refractivity contribution in [3.8, 4) is 0 Å². The van der Waals surface area contributed by atoms with Crippen LogP contribution in [-0.2, 0) is 17.6 Å². The summed E-state index contributed by atoms with van der Waals surface area (Å²) in [7, 11) is 0. The molecule has 0 fully saturated rings. The Kier molecular flexibility index (Phi) is 6.83. The largest absolute Gasteiger partial charge is 0.464 e. The Balaban J connectivity index is 1.28. The quantitative estimate of drug-likeness (QED) is 0.341. The van der Waals surface area contributed by atoms with Crippen molar-refractivity contribution in [2.24, 2.45) is 5.10 Å². The molecule has 3 N–H and O–H groups in total. The highest BCUT2D eigenvalue weighted by Gasteiger charge is 2.28. The molecule has 0 saturated heterocycles. The molecule has 4 aromatic rings. The number of amides is 3. The van der Waals surface area contributed by atoms with Crippen LogP contribution in [-0.4, -0.2) is 23.4 Å². The van der Waals surface area contributed by atoms with Crippen molar-refractivity contribution in [2.45, 2.75) is 46.5 Å². The summed E-state index contributed by atoms with van der Waals surface area (Å²) < 4.78 is 11.5. The van der Waals surface area contributed by atoms with Gasteiger partial charge in [-0.2, -0.15) is 5.10 Å². The minimum Gasteiger partial charge on any atom is -0.464 e. The summed E-state index contributed by atoms with van der Waals surface area (Å²) in [5, 5.41) is 5.34. The van der Waals surface area contributed by atoms with Gasteiger partial charge in [0.2, 0.25) is 5.91 Å². The molecule has 9 nitrogen and oxygen atoms in total. The summed E-state index contributed by atoms with van der Waals surface area (Å²) in [6.45, 7) is 5.77. The van der Waals surface area contributed by atoms with E-state index in [1.54, 1.807) is 43.5 Å². The number of hydrogen-bond donors (Lipinski definition) is 3. The molecule has 0 unspecified atom stereocenters. The molecule has 38 heavy (non-hydrogen) atoms. The normalized spacial score (nSPS) is 13.8. The summed E-state index contributed by atoms with van der Waals surface area (Å²) in [6, 6.07) is 12.6. The molecule has 0 radical (unpaired) electrons. The second-order valence-electron chi connectivity index (χ2n) is 9.47. The average Bonchev–Trinajstić information content (AvgIpc) is 3.47. The van der Waals surface area contributed by atoms with Crippen LogP contribution in [0.25, 0.3) is 11.0 Å². The van der Waals surface area contributed by atoms with Crippen LogP contribution in [0.5, 0.6) is 0 Å². The molecule has 0 bridgehead atoms. The lowest BCUT2D eigenvalue weighted by Crippen LogP contribution is -2.41. The Morgan fingerprint density at radius 3 is 2.53 bits per heavy atom. The second kappa shape index (κ2) is 10.4. The number of carbonyl (C=O) groups is 3. The summed E-state index contributed by atoms with van der Waals surface area (Å²) in [4.78, 5) is 37.8. The lowest BCUT2D eigenvalue weighted by Gasteiger charge is -2.13. The van der Waals surface area contributed by atoms with Gasteiger partial charge in [-0.15, -0.1) is 0 Å². The Labute approximate surface area is 219 Å². The van der Waals surface area contributed by atoms with E-state index in [1.807, 2.05) is 19.9 Å². The van der Waals surface area contributed by atoms with Gasteiger partial charge in [-0.05, 0) is 62.9 Å². The standard InChI is InChI=1S/C29H28N4O5/c1-16-12-17(2)25-20(15-37-23(25)13-16)14-24(34)31-30-21-10-7-11-22-26(21)18(3)27(38-22)29(36)33-32-28(35)19-8-5-4-6-9-19/h4-6,8-9,12-13,15H,7,10-11,14H2,1-3H3,(H,31,34)(H,32,35)(H,33,36)/b30-21+. The molecule has 2 heterocycles. The third-order valence-electron chi connectivity index (χ3n) is 6.62. The zero-order valence-electron chi connectivity index (χ0n) is 21.4. The van der Waals surface area contributed by atoms with Gasteiger partial charge in [-0.1, -0.05) is 24.3 Å². The van der Waals surface area contributed by atoms with Crippen LogP contribution in [0, 0.1) is 20.8 Å². The number of nitrogens with one attached hydrogen (secondary N) is 3. The molecule has 0 saturated carbocycles. The van der Waals surface area contributed by atoms with Gasteiger partial charge in [0, 0.05) is 34.1 Å².